The third-order valence-electron chi connectivity index (χ3n) is 2.54. The number of hydrogen-bond donors (Lipinski definition) is 2. The third-order valence-corrected chi connectivity index (χ3v) is 2.54. The number of hydrogen-bond acceptors (Lipinski definition) is 3. The number of aryl methyl sites for hydroxylation is 1. The van der Waals surface area contributed by atoms with Gasteiger partial charge in [0, 0.05) is 0 Å². The highest BCUT2D eigenvalue weighted by molar-refractivity contribution is 5.78. The summed E-state index contributed by atoms with van der Waals surface area (Å²) in [5, 5.41) is 11.0. The van der Waals surface area contributed by atoms with E-state index in [0.717, 1.165) is 17.5 Å². The van der Waals surface area contributed by atoms with Gasteiger partial charge in [0.05, 0.1) is 11.0 Å². The van der Waals surface area contributed by atoms with Crippen LogP contribution in [0.2, 0.25) is 0 Å². The van der Waals surface area contributed by atoms with Crippen LogP contribution in [0.4, 0.5) is 5.95 Å². The number of benzene rings is 1. The molecule has 4 heteroatoms. The Labute approximate surface area is 94.3 Å². The van der Waals surface area contributed by atoms with E-state index in [1.165, 1.54) is 18.4 Å². The molecule has 1 heterocycles. The van der Waals surface area contributed by atoms with Gasteiger partial charge in [-0.15, -0.1) is 0 Å². The lowest BCUT2D eigenvalue weighted by Crippen LogP contribution is -1.87. The summed E-state index contributed by atoms with van der Waals surface area (Å²) in [5.74, 6) is 0.505. The minimum atomic E-state index is 0.505. The first kappa shape index (κ1) is 10.5. The number of aromatic amines is 1. The SMILES string of the molecule is CCCCc1ccc2nc(NC#N)[nH]c2c1. The molecule has 2 aromatic rings. The molecule has 1 aromatic heterocycles. The molecule has 0 aliphatic heterocycles. The summed E-state index contributed by atoms with van der Waals surface area (Å²) >= 11 is 0. The van der Waals surface area contributed by atoms with Crippen LogP contribution in [-0.4, -0.2) is 9.97 Å². The highest BCUT2D eigenvalue weighted by Gasteiger charge is 2.02. The van der Waals surface area contributed by atoms with Crippen molar-refractivity contribution in [1.82, 2.24) is 9.97 Å². The Balaban J connectivity index is 2.27. The van der Waals surface area contributed by atoms with Crippen molar-refractivity contribution >= 4 is 17.0 Å². The first-order valence-corrected chi connectivity index (χ1v) is 5.47. The van der Waals surface area contributed by atoms with Gasteiger partial charge in [0.2, 0.25) is 5.95 Å². The zero-order valence-electron chi connectivity index (χ0n) is 9.25. The number of aromatic nitrogens is 2. The molecule has 0 unspecified atom stereocenters. The Bertz CT molecular complexity index is 521. The van der Waals surface area contributed by atoms with E-state index in [2.05, 4.69) is 34.3 Å². The Morgan fingerprint density at radius 3 is 3.12 bits per heavy atom. The molecule has 0 aliphatic rings. The number of fused-ring (bicyclic) bond motifs is 1. The van der Waals surface area contributed by atoms with Crippen LogP contribution in [0, 0.1) is 11.5 Å². The molecule has 0 saturated carbocycles. The summed E-state index contributed by atoms with van der Waals surface area (Å²) in [5.41, 5.74) is 3.17. The molecular formula is C12H14N4. The number of unbranched alkanes of at least 4 members (excludes halogenated alkanes) is 1. The lowest BCUT2D eigenvalue weighted by atomic mass is 10.1. The van der Waals surface area contributed by atoms with Crippen molar-refractivity contribution in [2.24, 2.45) is 0 Å². The zero-order chi connectivity index (χ0) is 11.4. The van der Waals surface area contributed by atoms with Crippen molar-refractivity contribution in [2.45, 2.75) is 26.2 Å². The Morgan fingerprint density at radius 1 is 1.50 bits per heavy atom. The van der Waals surface area contributed by atoms with Gasteiger partial charge in [0.15, 0.2) is 6.19 Å². The predicted molar refractivity (Wildman–Crippen MR) is 63.9 cm³/mol. The first-order chi connectivity index (χ1) is 7.83. The van der Waals surface area contributed by atoms with Crippen LogP contribution in [0.5, 0.6) is 0 Å². The van der Waals surface area contributed by atoms with Gasteiger partial charge < -0.3 is 4.98 Å². The average molecular weight is 214 g/mol. The topological polar surface area (TPSA) is 64.5 Å². The minimum Gasteiger partial charge on any atom is -0.323 e. The Morgan fingerprint density at radius 2 is 2.38 bits per heavy atom. The molecule has 0 fully saturated rings. The number of nitrogens with one attached hydrogen (secondary N) is 2. The van der Waals surface area contributed by atoms with E-state index in [4.69, 9.17) is 5.26 Å². The molecule has 0 amide bonds. The van der Waals surface area contributed by atoms with Crippen molar-refractivity contribution in [3.63, 3.8) is 0 Å². The fourth-order valence-corrected chi connectivity index (χ4v) is 1.71. The van der Waals surface area contributed by atoms with E-state index < -0.39 is 0 Å². The number of rotatable bonds is 4. The summed E-state index contributed by atoms with van der Waals surface area (Å²) in [7, 11) is 0. The van der Waals surface area contributed by atoms with E-state index in [-0.39, 0.29) is 0 Å². The Hall–Kier alpha value is -2.02. The largest absolute Gasteiger partial charge is 0.323 e. The molecule has 0 bridgehead atoms. The summed E-state index contributed by atoms with van der Waals surface area (Å²) in [6.07, 6.45) is 5.33. The van der Waals surface area contributed by atoms with Crippen molar-refractivity contribution in [2.75, 3.05) is 5.32 Å². The van der Waals surface area contributed by atoms with E-state index in [1.807, 2.05) is 12.3 Å². The van der Waals surface area contributed by atoms with Crippen molar-refractivity contribution < 1.29 is 0 Å². The molecule has 4 nitrogen and oxygen atoms in total. The lowest BCUT2D eigenvalue weighted by molar-refractivity contribution is 0.796. The van der Waals surface area contributed by atoms with Gasteiger partial charge in [-0.1, -0.05) is 19.4 Å². The average Bonchev–Trinajstić information content (AvgIpc) is 2.68. The highest BCUT2D eigenvalue weighted by atomic mass is 15.1. The summed E-state index contributed by atoms with van der Waals surface area (Å²) in [6, 6.07) is 6.18. The standard InChI is InChI=1S/C12H14N4/c1-2-3-4-9-5-6-10-11(7-9)16-12(15-10)14-8-13/h5-7H,2-4H2,1H3,(H2,14,15,16). The summed E-state index contributed by atoms with van der Waals surface area (Å²) in [6.45, 7) is 2.18. The molecule has 1 aromatic carbocycles. The van der Waals surface area contributed by atoms with E-state index in [1.54, 1.807) is 0 Å². The fraction of sp³-hybridized carbons (Fsp3) is 0.333. The molecular weight excluding hydrogens is 200 g/mol. The Kier molecular flexibility index (Phi) is 3.06. The normalized spacial score (nSPS) is 10.2. The maximum atomic E-state index is 8.49. The van der Waals surface area contributed by atoms with Gasteiger partial charge >= 0.3 is 0 Å². The molecule has 0 atom stereocenters. The van der Waals surface area contributed by atoms with E-state index >= 15 is 0 Å². The maximum Gasteiger partial charge on any atom is 0.214 e. The monoisotopic (exact) mass is 214 g/mol. The second-order valence-corrected chi connectivity index (χ2v) is 3.78. The second-order valence-electron chi connectivity index (χ2n) is 3.78. The van der Waals surface area contributed by atoms with Crippen LogP contribution in [0.25, 0.3) is 11.0 Å². The number of anilines is 1. The number of nitrogens with zero attached hydrogens (tertiary/aromatic N) is 2. The van der Waals surface area contributed by atoms with Crippen LogP contribution in [-0.2, 0) is 6.42 Å². The minimum absolute atomic E-state index is 0.505. The molecule has 0 aliphatic carbocycles. The van der Waals surface area contributed by atoms with Gasteiger partial charge in [0.25, 0.3) is 0 Å². The molecule has 82 valence electrons. The predicted octanol–water partition coefficient (Wildman–Crippen LogP) is 2.80. The van der Waals surface area contributed by atoms with E-state index in [0.29, 0.717) is 5.95 Å². The number of H-pyrrole nitrogens is 1. The zero-order valence-corrected chi connectivity index (χ0v) is 9.25. The van der Waals surface area contributed by atoms with E-state index in [9.17, 15) is 0 Å². The third kappa shape index (κ3) is 2.14. The molecule has 16 heavy (non-hydrogen) atoms. The first-order valence-electron chi connectivity index (χ1n) is 5.47. The molecule has 0 radical (unpaired) electrons. The van der Waals surface area contributed by atoms with Crippen LogP contribution in [0.15, 0.2) is 18.2 Å². The van der Waals surface area contributed by atoms with Crippen molar-refractivity contribution in [3.05, 3.63) is 23.8 Å². The quantitative estimate of drug-likeness (QED) is 0.607. The van der Waals surface area contributed by atoms with Gasteiger partial charge in [0.1, 0.15) is 0 Å². The summed E-state index contributed by atoms with van der Waals surface area (Å²) < 4.78 is 0. The van der Waals surface area contributed by atoms with Gasteiger partial charge in [-0.05, 0) is 30.5 Å². The molecule has 2 N–H and O–H groups in total. The van der Waals surface area contributed by atoms with Crippen LogP contribution < -0.4 is 5.32 Å². The number of imidazole rings is 1. The van der Waals surface area contributed by atoms with Gasteiger partial charge in [-0.2, -0.15) is 5.26 Å². The fourth-order valence-electron chi connectivity index (χ4n) is 1.71. The smallest absolute Gasteiger partial charge is 0.214 e. The lowest BCUT2D eigenvalue weighted by Gasteiger charge is -1.98. The second kappa shape index (κ2) is 4.67. The van der Waals surface area contributed by atoms with Crippen LogP contribution >= 0.6 is 0 Å². The van der Waals surface area contributed by atoms with Crippen molar-refractivity contribution in [3.8, 4) is 6.19 Å². The van der Waals surface area contributed by atoms with Gasteiger partial charge in [-0.25, -0.2) is 4.98 Å². The van der Waals surface area contributed by atoms with Gasteiger partial charge in [-0.3, -0.25) is 5.32 Å². The number of nitriles is 1. The summed E-state index contributed by atoms with van der Waals surface area (Å²) in [4.78, 5) is 7.30. The van der Waals surface area contributed by atoms with Crippen LogP contribution in [0.1, 0.15) is 25.3 Å². The van der Waals surface area contributed by atoms with Crippen molar-refractivity contribution in [1.29, 1.82) is 5.26 Å². The molecule has 0 saturated heterocycles. The highest BCUT2D eigenvalue weighted by Crippen LogP contribution is 2.17. The molecule has 0 spiro atoms. The maximum absolute atomic E-state index is 8.49. The molecule has 2 rings (SSSR count). The van der Waals surface area contributed by atoms with Crippen LogP contribution in [0.3, 0.4) is 0 Å².